The van der Waals surface area contributed by atoms with Crippen LogP contribution in [0.2, 0.25) is 0 Å². The van der Waals surface area contributed by atoms with Gasteiger partial charge in [-0.05, 0) is 57.0 Å². The van der Waals surface area contributed by atoms with Gasteiger partial charge in [-0.2, -0.15) is 10.2 Å². The number of aromatic nitrogens is 2. The molecule has 0 saturated carbocycles. The number of rotatable bonds is 5. The van der Waals surface area contributed by atoms with Crippen LogP contribution < -0.4 is 11.1 Å². The number of hydrogen-bond donors (Lipinski definition) is 2. The van der Waals surface area contributed by atoms with Gasteiger partial charge in [0.15, 0.2) is 0 Å². The maximum absolute atomic E-state index is 12.3. The third-order valence-corrected chi connectivity index (χ3v) is 3.20. The molecule has 5 nitrogen and oxygen atoms in total. The van der Waals surface area contributed by atoms with Gasteiger partial charge in [0.1, 0.15) is 0 Å². The van der Waals surface area contributed by atoms with Crippen LogP contribution in [0.4, 0.5) is 5.69 Å². The molecule has 0 aliphatic carbocycles. The fourth-order valence-corrected chi connectivity index (χ4v) is 2.09. The number of benzene rings is 1. The minimum Gasteiger partial charge on any atom is -0.330 e. The highest BCUT2D eigenvalue weighted by atomic mass is 16.1. The Kier molecular flexibility index (Phi) is 5.00. The number of hydrogen-bond acceptors (Lipinski definition) is 4. The maximum atomic E-state index is 12.3. The van der Waals surface area contributed by atoms with Crippen molar-refractivity contribution in [3.8, 4) is 0 Å². The van der Waals surface area contributed by atoms with Crippen LogP contribution in [0.25, 0.3) is 0 Å². The number of carbonyl (C=O) groups excluding carboxylic acids is 1. The molecule has 0 radical (unpaired) electrons. The summed E-state index contributed by atoms with van der Waals surface area (Å²) in [6.07, 6.45) is 1.85. The van der Waals surface area contributed by atoms with Crippen molar-refractivity contribution in [2.75, 3.05) is 11.9 Å². The smallest absolute Gasteiger partial charge is 0.257 e. The van der Waals surface area contributed by atoms with Crippen LogP contribution in [-0.2, 0) is 6.42 Å². The van der Waals surface area contributed by atoms with Gasteiger partial charge in [0.2, 0.25) is 0 Å². The minimum absolute atomic E-state index is 0.165. The molecule has 0 spiro atoms. The Bertz CT molecular complexity index is 640. The summed E-state index contributed by atoms with van der Waals surface area (Å²) in [5, 5.41) is 10.8. The van der Waals surface area contributed by atoms with Gasteiger partial charge in [0, 0.05) is 5.69 Å². The van der Waals surface area contributed by atoms with Crippen molar-refractivity contribution >= 4 is 11.6 Å². The molecule has 21 heavy (non-hydrogen) atoms. The summed E-state index contributed by atoms with van der Waals surface area (Å²) in [5.41, 5.74) is 9.36. The number of anilines is 1. The first-order valence-corrected chi connectivity index (χ1v) is 7.01. The van der Waals surface area contributed by atoms with E-state index in [2.05, 4.69) is 15.5 Å². The number of nitrogens with two attached hydrogens (primary N) is 1. The molecule has 0 fully saturated rings. The number of amides is 1. The second-order valence-electron chi connectivity index (χ2n) is 5.03. The van der Waals surface area contributed by atoms with Gasteiger partial charge in [-0.3, -0.25) is 4.79 Å². The van der Waals surface area contributed by atoms with Gasteiger partial charge >= 0.3 is 0 Å². The Morgan fingerprint density at radius 3 is 2.81 bits per heavy atom. The number of nitrogens with one attached hydrogen (secondary N) is 1. The molecule has 1 aromatic heterocycles. The van der Waals surface area contributed by atoms with Crippen LogP contribution >= 0.6 is 0 Å². The zero-order chi connectivity index (χ0) is 15.2. The van der Waals surface area contributed by atoms with Crippen LogP contribution in [0, 0.1) is 13.8 Å². The number of carbonyl (C=O) groups is 1. The first-order chi connectivity index (χ1) is 10.1. The van der Waals surface area contributed by atoms with Crippen molar-refractivity contribution in [1.29, 1.82) is 0 Å². The molecule has 2 rings (SSSR count). The summed E-state index contributed by atoms with van der Waals surface area (Å²) in [7, 11) is 0. The summed E-state index contributed by atoms with van der Waals surface area (Å²) in [6.45, 7) is 4.26. The Morgan fingerprint density at radius 2 is 2.05 bits per heavy atom. The largest absolute Gasteiger partial charge is 0.330 e. The lowest BCUT2D eigenvalue weighted by Crippen LogP contribution is -2.15. The van der Waals surface area contributed by atoms with E-state index in [1.54, 1.807) is 13.0 Å². The number of aryl methyl sites for hydroxylation is 3. The highest BCUT2D eigenvalue weighted by molar-refractivity contribution is 6.05. The molecule has 110 valence electrons. The standard InChI is InChI=1S/C16H20N4O/c1-11-9-15(12(2)20-19-11)16(21)18-14-7-3-5-13(10-14)6-4-8-17/h3,5,7,9-10H,4,6,8,17H2,1-2H3,(H,18,21). The summed E-state index contributed by atoms with van der Waals surface area (Å²) in [6, 6.07) is 9.57. The minimum atomic E-state index is -0.165. The average molecular weight is 284 g/mol. The highest BCUT2D eigenvalue weighted by Gasteiger charge is 2.11. The first kappa shape index (κ1) is 15.1. The predicted octanol–water partition coefficient (Wildman–Crippen LogP) is 2.24. The fourth-order valence-electron chi connectivity index (χ4n) is 2.09. The normalized spacial score (nSPS) is 10.4. The summed E-state index contributed by atoms with van der Waals surface area (Å²) in [5.74, 6) is -0.165. The summed E-state index contributed by atoms with van der Waals surface area (Å²) < 4.78 is 0. The summed E-state index contributed by atoms with van der Waals surface area (Å²) >= 11 is 0. The van der Waals surface area contributed by atoms with Crippen LogP contribution in [0.1, 0.15) is 33.7 Å². The van der Waals surface area contributed by atoms with Crippen molar-refractivity contribution in [3.05, 3.63) is 52.8 Å². The van der Waals surface area contributed by atoms with Gasteiger partial charge in [-0.1, -0.05) is 12.1 Å². The van der Waals surface area contributed by atoms with Crippen LogP contribution in [0.15, 0.2) is 30.3 Å². The fraction of sp³-hybridized carbons (Fsp3) is 0.312. The van der Waals surface area contributed by atoms with Gasteiger partial charge < -0.3 is 11.1 Å². The molecule has 1 amide bonds. The number of nitrogens with zero attached hydrogens (tertiary/aromatic N) is 2. The average Bonchev–Trinajstić information content (AvgIpc) is 2.48. The zero-order valence-electron chi connectivity index (χ0n) is 12.4. The Morgan fingerprint density at radius 1 is 1.24 bits per heavy atom. The Labute approximate surface area is 124 Å². The molecule has 0 aliphatic rings. The van der Waals surface area contributed by atoms with Gasteiger partial charge in [0.25, 0.3) is 5.91 Å². The third kappa shape index (κ3) is 4.10. The van der Waals surface area contributed by atoms with Crippen LogP contribution in [-0.4, -0.2) is 22.6 Å². The third-order valence-electron chi connectivity index (χ3n) is 3.20. The Hall–Kier alpha value is -2.27. The monoisotopic (exact) mass is 284 g/mol. The zero-order valence-corrected chi connectivity index (χ0v) is 12.4. The van der Waals surface area contributed by atoms with E-state index in [0.717, 1.165) is 24.2 Å². The van der Waals surface area contributed by atoms with Crippen LogP contribution in [0.5, 0.6) is 0 Å². The lowest BCUT2D eigenvalue weighted by Gasteiger charge is -2.09. The van der Waals surface area contributed by atoms with Crippen molar-refractivity contribution in [2.24, 2.45) is 5.73 Å². The van der Waals surface area contributed by atoms with Crippen molar-refractivity contribution < 1.29 is 4.79 Å². The summed E-state index contributed by atoms with van der Waals surface area (Å²) in [4.78, 5) is 12.3. The van der Waals surface area contributed by atoms with Crippen molar-refractivity contribution in [2.45, 2.75) is 26.7 Å². The van der Waals surface area contributed by atoms with Crippen LogP contribution in [0.3, 0.4) is 0 Å². The van der Waals surface area contributed by atoms with Crippen molar-refractivity contribution in [1.82, 2.24) is 10.2 Å². The lowest BCUT2D eigenvalue weighted by molar-refractivity contribution is 0.102. The molecular formula is C16H20N4O. The molecule has 5 heteroatoms. The molecule has 0 unspecified atom stereocenters. The molecule has 0 aliphatic heterocycles. The predicted molar refractivity (Wildman–Crippen MR) is 83.3 cm³/mol. The van der Waals surface area contributed by atoms with Gasteiger partial charge in [0.05, 0.1) is 17.0 Å². The highest BCUT2D eigenvalue weighted by Crippen LogP contribution is 2.14. The molecule has 0 bridgehead atoms. The van der Waals surface area contributed by atoms with E-state index in [1.165, 1.54) is 5.56 Å². The van der Waals surface area contributed by atoms with E-state index < -0.39 is 0 Å². The van der Waals surface area contributed by atoms with Crippen molar-refractivity contribution in [3.63, 3.8) is 0 Å². The molecule has 1 aromatic carbocycles. The maximum Gasteiger partial charge on any atom is 0.257 e. The Balaban J connectivity index is 2.14. The van der Waals surface area contributed by atoms with E-state index in [0.29, 0.717) is 17.8 Å². The second-order valence-corrected chi connectivity index (χ2v) is 5.03. The van der Waals surface area contributed by atoms with E-state index in [-0.39, 0.29) is 5.91 Å². The van der Waals surface area contributed by atoms with E-state index >= 15 is 0 Å². The van der Waals surface area contributed by atoms with Gasteiger partial charge in [-0.15, -0.1) is 0 Å². The first-order valence-electron chi connectivity index (χ1n) is 7.01. The SMILES string of the molecule is Cc1cc(C(=O)Nc2cccc(CCCN)c2)c(C)nn1. The molecule has 1 heterocycles. The topological polar surface area (TPSA) is 80.9 Å². The molecule has 3 N–H and O–H groups in total. The van der Waals surface area contributed by atoms with Gasteiger partial charge in [-0.25, -0.2) is 0 Å². The molecular weight excluding hydrogens is 264 g/mol. The van der Waals surface area contributed by atoms with E-state index in [4.69, 9.17) is 5.73 Å². The second kappa shape index (κ2) is 6.95. The molecule has 2 aromatic rings. The quantitative estimate of drug-likeness (QED) is 0.882. The lowest BCUT2D eigenvalue weighted by atomic mass is 10.1. The van der Waals surface area contributed by atoms with E-state index in [1.807, 2.05) is 31.2 Å². The molecule has 0 saturated heterocycles. The van der Waals surface area contributed by atoms with E-state index in [9.17, 15) is 4.79 Å². The molecule has 0 atom stereocenters.